The van der Waals surface area contributed by atoms with E-state index >= 15 is 0 Å². The van der Waals surface area contributed by atoms with Crippen LogP contribution in [-0.4, -0.2) is 23.5 Å². The minimum atomic E-state index is -0.776. The van der Waals surface area contributed by atoms with Gasteiger partial charge in [-0.05, 0) is 36.1 Å². The van der Waals surface area contributed by atoms with Crippen molar-refractivity contribution in [1.82, 2.24) is 0 Å². The predicted molar refractivity (Wildman–Crippen MR) is 73.3 cm³/mol. The van der Waals surface area contributed by atoms with Gasteiger partial charge in [-0.1, -0.05) is 6.92 Å². The van der Waals surface area contributed by atoms with Crippen molar-refractivity contribution in [2.45, 2.75) is 26.2 Å². The first-order valence-corrected chi connectivity index (χ1v) is 6.43. The van der Waals surface area contributed by atoms with E-state index in [-0.39, 0.29) is 18.2 Å². The van der Waals surface area contributed by atoms with E-state index in [0.29, 0.717) is 13.0 Å². The minimum Gasteiger partial charge on any atom is -0.481 e. The number of aryl methyl sites for hydroxylation is 1. The molecule has 19 heavy (non-hydrogen) atoms. The second kappa shape index (κ2) is 5.73. The lowest BCUT2D eigenvalue weighted by Gasteiger charge is -2.18. The van der Waals surface area contributed by atoms with Crippen molar-refractivity contribution in [2.24, 2.45) is 5.92 Å². The molecule has 1 heterocycles. The van der Waals surface area contributed by atoms with Crippen molar-refractivity contribution in [3.63, 3.8) is 0 Å². The Hall–Kier alpha value is -2.04. The highest BCUT2D eigenvalue weighted by atomic mass is 16.4. The lowest BCUT2D eigenvalue weighted by Crippen LogP contribution is -2.19. The fourth-order valence-corrected chi connectivity index (χ4v) is 2.16. The lowest BCUT2D eigenvalue weighted by molar-refractivity contribution is -0.137. The molecular formula is C14H18N2O3. The molecule has 0 bridgehead atoms. The fourth-order valence-electron chi connectivity index (χ4n) is 2.16. The zero-order valence-corrected chi connectivity index (χ0v) is 10.9. The molecule has 1 unspecified atom stereocenters. The molecule has 5 nitrogen and oxygen atoms in total. The number of amides is 1. The average Bonchev–Trinajstić information content (AvgIpc) is 2.35. The molecule has 1 aliphatic heterocycles. The second-order valence-electron chi connectivity index (χ2n) is 5.00. The molecule has 5 heteroatoms. The summed E-state index contributed by atoms with van der Waals surface area (Å²) in [5.41, 5.74) is 2.96. The van der Waals surface area contributed by atoms with Crippen LogP contribution in [0.1, 0.15) is 25.3 Å². The number of carbonyl (C=O) groups is 2. The van der Waals surface area contributed by atoms with Crippen molar-refractivity contribution in [3.05, 3.63) is 23.8 Å². The van der Waals surface area contributed by atoms with E-state index in [9.17, 15) is 9.59 Å². The number of aliphatic carboxylic acids is 1. The molecule has 0 spiro atoms. The molecule has 1 amide bonds. The Bertz CT molecular complexity index is 499. The third-order valence-corrected chi connectivity index (χ3v) is 3.18. The molecule has 102 valence electrons. The van der Waals surface area contributed by atoms with Crippen LogP contribution >= 0.6 is 0 Å². The van der Waals surface area contributed by atoms with Crippen LogP contribution in [0.4, 0.5) is 11.4 Å². The maximum atomic E-state index is 11.2. The van der Waals surface area contributed by atoms with Gasteiger partial charge < -0.3 is 15.7 Å². The first kappa shape index (κ1) is 13.4. The number of anilines is 2. The standard InChI is InChI=1S/C14H18N2O3/c1-9(6-14(18)19)8-15-11-3-4-12-10(7-11)2-5-13(17)16-12/h3-4,7,9,15H,2,5-6,8H2,1H3,(H,16,17)(H,18,19). The van der Waals surface area contributed by atoms with E-state index in [0.717, 1.165) is 23.4 Å². The number of hydrogen-bond donors (Lipinski definition) is 3. The first-order valence-electron chi connectivity index (χ1n) is 6.43. The van der Waals surface area contributed by atoms with Crippen molar-refractivity contribution in [3.8, 4) is 0 Å². The SMILES string of the molecule is CC(CNc1ccc2c(c1)CCC(=O)N2)CC(=O)O. The Kier molecular flexibility index (Phi) is 4.04. The van der Waals surface area contributed by atoms with E-state index < -0.39 is 5.97 Å². The molecule has 0 saturated heterocycles. The van der Waals surface area contributed by atoms with Gasteiger partial charge in [0.05, 0.1) is 0 Å². The van der Waals surface area contributed by atoms with Crippen LogP contribution in [0.15, 0.2) is 18.2 Å². The number of nitrogens with one attached hydrogen (secondary N) is 2. The molecule has 0 saturated carbocycles. The number of fused-ring (bicyclic) bond motifs is 1. The lowest BCUT2D eigenvalue weighted by atomic mass is 10.0. The molecule has 1 aliphatic rings. The smallest absolute Gasteiger partial charge is 0.303 e. The van der Waals surface area contributed by atoms with Crippen LogP contribution in [0, 0.1) is 5.92 Å². The van der Waals surface area contributed by atoms with Gasteiger partial charge in [0.2, 0.25) is 5.91 Å². The van der Waals surface area contributed by atoms with Crippen LogP contribution < -0.4 is 10.6 Å². The molecule has 1 aromatic rings. The van der Waals surface area contributed by atoms with E-state index in [1.165, 1.54) is 0 Å². The summed E-state index contributed by atoms with van der Waals surface area (Å²) in [4.78, 5) is 21.8. The summed E-state index contributed by atoms with van der Waals surface area (Å²) in [5, 5.41) is 14.8. The predicted octanol–water partition coefficient (Wildman–Crippen LogP) is 2.09. The van der Waals surface area contributed by atoms with Crippen LogP contribution in [0.5, 0.6) is 0 Å². The fraction of sp³-hybridized carbons (Fsp3) is 0.429. The average molecular weight is 262 g/mol. The van der Waals surface area contributed by atoms with Gasteiger partial charge in [0.25, 0.3) is 0 Å². The van der Waals surface area contributed by atoms with Crippen molar-refractivity contribution < 1.29 is 14.7 Å². The monoisotopic (exact) mass is 262 g/mol. The number of hydrogen-bond acceptors (Lipinski definition) is 3. The number of carboxylic acid groups (broad SMARTS) is 1. The van der Waals surface area contributed by atoms with Gasteiger partial charge in [-0.15, -0.1) is 0 Å². The maximum absolute atomic E-state index is 11.2. The first-order chi connectivity index (χ1) is 9.04. The topological polar surface area (TPSA) is 78.4 Å². The van der Waals surface area contributed by atoms with Gasteiger partial charge in [-0.2, -0.15) is 0 Å². The molecule has 1 atom stereocenters. The Morgan fingerprint density at radius 2 is 2.26 bits per heavy atom. The van der Waals surface area contributed by atoms with Gasteiger partial charge in [0.1, 0.15) is 0 Å². The van der Waals surface area contributed by atoms with Crippen LogP contribution in [0.2, 0.25) is 0 Å². The van der Waals surface area contributed by atoms with Gasteiger partial charge in [0.15, 0.2) is 0 Å². The third-order valence-electron chi connectivity index (χ3n) is 3.18. The number of carbonyl (C=O) groups excluding carboxylic acids is 1. The molecule has 0 aromatic heterocycles. The highest BCUT2D eigenvalue weighted by molar-refractivity contribution is 5.94. The molecule has 0 radical (unpaired) electrons. The Balaban J connectivity index is 1.95. The van der Waals surface area contributed by atoms with Gasteiger partial charge >= 0.3 is 5.97 Å². The summed E-state index contributed by atoms with van der Waals surface area (Å²) in [6, 6.07) is 5.80. The van der Waals surface area contributed by atoms with Crippen LogP contribution in [-0.2, 0) is 16.0 Å². The maximum Gasteiger partial charge on any atom is 0.303 e. The Labute approximate surface area is 112 Å². The minimum absolute atomic E-state index is 0.0586. The van der Waals surface area contributed by atoms with Crippen LogP contribution in [0.3, 0.4) is 0 Å². The van der Waals surface area contributed by atoms with Crippen LogP contribution in [0.25, 0.3) is 0 Å². The summed E-state index contributed by atoms with van der Waals surface area (Å²) < 4.78 is 0. The van der Waals surface area contributed by atoms with Crippen molar-refractivity contribution in [2.75, 3.05) is 17.2 Å². The van der Waals surface area contributed by atoms with Gasteiger partial charge in [-0.3, -0.25) is 9.59 Å². The summed E-state index contributed by atoms with van der Waals surface area (Å²) in [6.07, 6.45) is 1.43. The summed E-state index contributed by atoms with van der Waals surface area (Å²) >= 11 is 0. The molecule has 1 aromatic carbocycles. The molecule has 3 N–H and O–H groups in total. The number of benzene rings is 1. The number of carboxylic acids is 1. The highest BCUT2D eigenvalue weighted by Crippen LogP contribution is 2.25. The van der Waals surface area contributed by atoms with Gasteiger partial charge in [0, 0.05) is 30.8 Å². The third kappa shape index (κ3) is 3.71. The summed E-state index contributed by atoms with van der Waals surface area (Å²) in [7, 11) is 0. The second-order valence-corrected chi connectivity index (χ2v) is 5.00. The van der Waals surface area contributed by atoms with Gasteiger partial charge in [-0.25, -0.2) is 0 Å². The van der Waals surface area contributed by atoms with E-state index in [1.54, 1.807) is 0 Å². The van der Waals surface area contributed by atoms with E-state index in [4.69, 9.17) is 5.11 Å². The van der Waals surface area contributed by atoms with Crippen molar-refractivity contribution in [1.29, 1.82) is 0 Å². The Morgan fingerprint density at radius 1 is 1.47 bits per heavy atom. The van der Waals surface area contributed by atoms with E-state index in [2.05, 4.69) is 10.6 Å². The van der Waals surface area contributed by atoms with E-state index in [1.807, 2.05) is 25.1 Å². The molecule has 0 fully saturated rings. The quantitative estimate of drug-likeness (QED) is 0.759. The Morgan fingerprint density at radius 3 is 3.00 bits per heavy atom. The highest BCUT2D eigenvalue weighted by Gasteiger charge is 2.15. The zero-order valence-electron chi connectivity index (χ0n) is 10.9. The largest absolute Gasteiger partial charge is 0.481 e. The molecule has 2 rings (SSSR count). The number of rotatable bonds is 5. The molecular weight excluding hydrogens is 244 g/mol. The molecule has 0 aliphatic carbocycles. The van der Waals surface area contributed by atoms with Crippen molar-refractivity contribution >= 4 is 23.3 Å². The summed E-state index contributed by atoms with van der Waals surface area (Å²) in [5.74, 6) is -0.640. The summed E-state index contributed by atoms with van der Waals surface area (Å²) in [6.45, 7) is 2.52. The zero-order chi connectivity index (χ0) is 13.8. The normalized spacial score (nSPS) is 15.3.